The second-order valence-corrected chi connectivity index (χ2v) is 5.07. The van der Waals surface area contributed by atoms with Gasteiger partial charge in [0, 0.05) is 21.7 Å². The first kappa shape index (κ1) is 9.07. The lowest BCUT2D eigenvalue weighted by Crippen LogP contribution is -1.75. The van der Waals surface area contributed by atoms with Crippen LogP contribution in [0.4, 0.5) is 0 Å². The van der Waals surface area contributed by atoms with Crippen LogP contribution in [-0.2, 0) is 0 Å². The van der Waals surface area contributed by atoms with Crippen molar-refractivity contribution in [2.24, 2.45) is 0 Å². The molecule has 0 aliphatic carbocycles. The number of nitrogens with zero attached hydrogens (tertiary/aromatic N) is 2. The van der Waals surface area contributed by atoms with Gasteiger partial charge in [-0.2, -0.15) is 0 Å². The maximum atomic E-state index is 4.32. The Morgan fingerprint density at radius 3 is 2.65 bits per heavy atom. The van der Waals surface area contributed by atoms with E-state index >= 15 is 0 Å². The summed E-state index contributed by atoms with van der Waals surface area (Å²) in [7, 11) is 0. The van der Waals surface area contributed by atoms with Gasteiger partial charge in [-0.1, -0.05) is 24.3 Å². The molecule has 3 heteroatoms. The molecule has 0 radical (unpaired) electrons. The van der Waals surface area contributed by atoms with E-state index in [1.807, 2.05) is 6.20 Å². The van der Waals surface area contributed by atoms with Crippen LogP contribution in [-0.4, -0.2) is 9.97 Å². The molecule has 0 spiro atoms. The number of hydrogen-bond donors (Lipinski definition) is 0. The van der Waals surface area contributed by atoms with Gasteiger partial charge in [0.1, 0.15) is 11.2 Å². The number of thiophene rings is 1. The Hall–Kier alpha value is -2.00. The molecule has 2 heterocycles. The van der Waals surface area contributed by atoms with Crippen molar-refractivity contribution in [2.45, 2.75) is 0 Å². The molecule has 0 bridgehead atoms. The summed E-state index contributed by atoms with van der Waals surface area (Å²) >= 11 is 1.73. The van der Waals surface area contributed by atoms with Crippen LogP contribution in [0.3, 0.4) is 0 Å². The SMILES string of the molecule is c1ccc2cc3c(cc2c1)sc1ncncc13. The summed E-state index contributed by atoms with van der Waals surface area (Å²) in [6.07, 6.45) is 3.51. The van der Waals surface area contributed by atoms with E-state index in [1.165, 1.54) is 20.9 Å². The fourth-order valence-corrected chi connectivity index (χ4v) is 3.25. The number of aromatic nitrogens is 2. The molecule has 0 fully saturated rings. The average molecular weight is 236 g/mol. The first-order valence-corrected chi connectivity index (χ1v) is 6.24. The van der Waals surface area contributed by atoms with Crippen molar-refractivity contribution < 1.29 is 0 Å². The average Bonchev–Trinajstić information content (AvgIpc) is 2.73. The molecule has 0 aliphatic rings. The van der Waals surface area contributed by atoms with Gasteiger partial charge in [0.25, 0.3) is 0 Å². The first-order valence-electron chi connectivity index (χ1n) is 5.43. The number of benzene rings is 2. The summed E-state index contributed by atoms with van der Waals surface area (Å²) in [5, 5.41) is 4.95. The second-order valence-electron chi connectivity index (χ2n) is 4.04. The van der Waals surface area contributed by atoms with Crippen molar-refractivity contribution >= 4 is 42.4 Å². The summed E-state index contributed by atoms with van der Waals surface area (Å²) in [6, 6.07) is 12.9. The van der Waals surface area contributed by atoms with Crippen LogP contribution in [0.1, 0.15) is 0 Å². The van der Waals surface area contributed by atoms with Crippen molar-refractivity contribution in [1.82, 2.24) is 9.97 Å². The smallest absolute Gasteiger partial charge is 0.127 e. The Morgan fingerprint density at radius 1 is 0.941 bits per heavy atom. The lowest BCUT2D eigenvalue weighted by atomic mass is 10.1. The van der Waals surface area contributed by atoms with E-state index in [4.69, 9.17) is 0 Å². The zero-order chi connectivity index (χ0) is 11.2. The van der Waals surface area contributed by atoms with Crippen molar-refractivity contribution in [3.05, 3.63) is 48.9 Å². The third-order valence-electron chi connectivity index (χ3n) is 3.02. The maximum Gasteiger partial charge on any atom is 0.127 e. The third-order valence-corrected chi connectivity index (χ3v) is 4.10. The monoisotopic (exact) mass is 236 g/mol. The Balaban J connectivity index is 2.28. The van der Waals surface area contributed by atoms with Crippen LogP contribution in [0.5, 0.6) is 0 Å². The number of rotatable bonds is 0. The van der Waals surface area contributed by atoms with Gasteiger partial charge in [-0.05, 0) is 22.9 Å². The molecule has 0 atom stereocenters. The molecule has 2 aromatic carbocycles. The second kappa shape index (κ2) is 3.25. The summed E-state index contributed by atoms with van der Waals surface area (Å²) in [4.78, 5) is 9.49. The molecule has 17 heavy (non-hydrogen) atoms. The van der Waals surface area contributed by atoms with E-state index in [-0.39, 0.29) is 0 Å². The van der Waals surface area contributed by atoms with Gasteiger partial charge >= 0.3 is 0 Å². The van der Waals surface area contributed by atoms with Gasteiger partial charge in [0.05, 0.1) is 0 Å². The molecular weight excluding hydrogens is 228 g/mol. The Labute approximate surface area is 102 Å². The molecule has 80 valence electrons. The van der Waals surface area contributed by atoms with Gasteiger partial charge < -0.3 is 0 Å². The zero-order valence-corrected chi connectivity index (χ0v) is 9.74. The minimum Gasteiger partial charge on any atom is -0.244 e. The number of fused-ring (bicyclic) bond motifs is 4. The van der Waals surface area contributed by atoms with Crippen LogP contribution in [0, 0.1) is 0 Å². The van der Waals surface area contributed by atoms with E-state index in [9.17, 15) is 0 Å². The van der Waals surface area contributed by atoms with E-state index in [2.05, 4.69) is 46.4 Å². The standard InChI is InChI=1S/C14H8N2S/c1-2-4-10-6-13-11(5-9(10)3-1)12-7-15-8-16-14(12)17-13/h1-8H. The highest BCUT2D eigenvalue weighted by Crippen LogP contribution is 2.34. The largest absolute Gasteiger partial charge is 0.244 e. The highest BCUT2D eigenvalue weighted by Gasteiger charge is 2.06. The molecule has 0 N–H and O–H groups in total. The van der Waals surface area contributed by atoms with Gasteiger partial charge in [-0.3, -0.25) is 0 Å². The Kier molecular flexibility index (Phi) is 1.73. The minimum atomic E-state index is 1.06. The molecule has 0 saturated heterocycles. The quantitative estimate of drug-likeness (QED) is 0.461. The topological polar surface area (TPSA) is 25.8 Å². The highest BCUT2D eigenvalue weighted by molar-refractivity contribution is 7.25. The molecule has 4 rings (SSSR count). The molecule has 0 saturated carbocycles. The highest BCUT2D eigenvalue weighted by atomic mass is 32.1. The number of hydrogen-bond acceptors (Lipinski definition) is 3. The Bertz CT molecular complexity index is 842. The molecule has 0 unspecified atom stereocenters. The van der Waals surface area contributed by atoms with Crippen molar-refractivity contribution in [1.29, 1.82) is 0 Å². The fourth-order valence-electron chi connectivity index (χ4n) is 2.20. The summed E-state index contributed by atoms with van der Waals surface area (Å²) < 4.78 is 1.28. The third kappa shape index (κ3) is 1.26. The van der Waals surface area contributed by atoms with E-state index in [0.717, 1.165) is 10.2 Å². The summed E-state index contributed by atoms with van der Waals surface area (Å²) in [5.74, 6) is 0. The molecular formula is C14H8N2S. The Morgan fingerprint density at radius 2 is 1.76 bits per heavy atom. The van der Waals surface area contributed by atoms with Crippen LogP contribution in [0.15, 0.2) is 48.9 Å². The summed E-state index contributed by atoms with van der Waals surface area (Å²) in [6.45, 7) is 0. The minimum absolute atomic E-state index is 1.06. The lowest BCUT2D eigenvalue weighted by molar-refractivity contribution is 1.24. The van der Waals surface area contributed by atoms with Gasteiger partial charge in [-0.25, -0.2) is 9.97 Å². The molecule has 2 nitrogen and oxygen atoms in total. The van der Waals surface area contributed by atoms with Crippen LogP contribution in [0.2, 0.25) is 0 Å². The summed E-state index contributed by atoms with van der Waals surface area (Å²) in [5.41, 5.74) is 0. The fraction of sp³-hybridized carbons (Fsp3) is 0. The van der Waals surface area contributed by atoms with Gasteiger partial charge in [0.15, 0.2) is 0 Å². The predicted octanol–water partition coefficient (Wildman–Crippen LogP) is 4.00. The van der Waals surface area contributed by atoms with Crippen molar-refractivity contribution in [2.75, 3.05) is 0 Å². The van der Waals surface area contributed by atoms with E-state index in [0.29, 0.717) is 0 Å². The van der Waals surface area contributed by atoms with Gasteiger partial charge in [0.2, 0.25) is 0 Å². The van der Waals surface area contributed by atoms with Crippen LogP contribution in [0.25, 0.3) is 31.1 Å². The van der Waals surface area contributed by atoms with E-state index in [1.54, 1.807) is 17.7 Å². The predicted molar refractivity (Wildman–Crippen MR) is 72.4 cm³/mol. The molecule has 0 amide bonds. The molecule has 0 aliphatic heterocycles. The normalized spacial score (nSPS) is 11.5. The van der Waals surface area contributed by atoms with Crippen LogP contribution < -0.4 is 0 Å². The zero-order valence-electron chi connectivity index (χ0n) is 8.92. The van der Waals surface area contributed by atoms with Crippen molar-refractivity contribution in [3.63, 3.8) is 0 Å². The molecule has 2 aromatic heterocycles. The van der Waals surface area contributed by atoms with Gasteiger partial charge in [-0.15, -0.1) is 11.3 Å². The lowest BCUT2D eigenvalue weighted by Gasteiger charge is -1.97. The first-order chi connectivity index (χ1) is 8.42. The van der Waals surface area contributed by atoms with Crippen molar-refractivity contribution in [3.8, 4) is 0 Å². The maximum absolute atomic E-state index is 4.32. The van der Waals surface area contributed by atoms with E-state index < -0.39 is 0 Å². The molecule has 4 aromatic rings. The van der Waals surface area contributed by atoms with Crippen LogP contribution >= 0.6 is 11.3 Å².